The van der Waals surface area contributed by atoms with Crippen LogP contribution in [-0.2, 0) is 0 Å². The smallest absolute Gasteiger partial charge is 0.103 e. The third kappa shape index (κ3) is 4.10. The average molecular weight is 240 g/mol. The van der Waals surface area contributed by atoms with Gasteiger partial charge in [0.1, 0.15) is 4.99 Å². The number of anilines is 1. The quantitative estimate of drug-likeness (QED) is 0.776. The van der Waals surface area contributed by atoms with E-state index in [0.717, 1.165) is 17.8 Å². The van der Waals surface area contributed by atoms with E-state index in [9.17, 15) is 0 Å². The molecule has 1 atom stereocenters. The number of nitrogens with two attached hydrogens (primary N) is 1. The molecule has 0 bridgehead atoms. The van der Waals surface area contributed by atoms with Crippen LogP contribution in [0.25, 0.3) is 0 Å². The Balaban J connectivity index is 2.53. The Labute approximate surface area is 101 Å². The highest BCUT2D eigenvalue weighted by Crippen LogP contribution is 2.11. The van der Waals surface area contributed by atoms with E-state index in [-0.39, 0.29) is 0 Å². The Kier molecular flexibility index (Phi) is 4.91. The molecule has 0 aliphatic rings. The number of nitrogens with one attached hydrogen (secondary N) is 1. The van der Waals surface area contributed by atoms with Gasteiger partial charge in [-0.2, -0.15) is 11.8 Å². The van der Waals surface area contributed by atoms with Crippen LogP contribution in [0.1, 0.15) is 12.5 Å². The van der Waals surface area contributed by atoms with Crippen LogP contribution in [0.5, 0.6) is 0 Å². The van der Waals surface area contributed by atoms with Crippen molar-refractivity contribution in [3.05, 3.63) is 29.8 Å². The van der Waals surface area contributed by atoms with Crippen LogP contribution >= 0.6 is 24.0 Å². The SMILES string of the molecule is CSC(C)CNc1ccc(C(N)=S)cc1. The maximum absolute atomic E-state index is 5.52. The van der Waals surface area contributed by atoms with Gasteiger partial charge in [0.05, 0.1) is 0 Å². The van der Waals surface area contributed by atoms with Crippen LogP contribution < -0.4 is 11.1 Å². The molecular formula is C11H16N2S2. The van der Waals surface area contributed by atoms with E-state index in [1.165, 1.54) is 0 Å². The first-order valence-corrected chi connectivity index (χ1v) is 6.49. The summed E-state index contributed by atoms with van der Waals surface area (Å²) in [5.74, 6) is 0. The minimum absolute atomic E-state index is 0.444. The zero-order chi connectivity index (χ0) is 11.3. The molecule has 0 spiro atoms. The second-order valence-corrected chi connectivity index (χ2v) is 5.08. The van der Waals surface area contributed by atoms with Crippen molar-refractivity contribution in [3.8, 4) is 0 Å². The monoisotopic (exact) mass is 240 g/mol. The fourth-order valence-corrected chi connectivity index (χ4v) is 1.48. The topological polar surface area (TPSA) is 38.0 Å². The first-order chi connectivity index (χ1) is 7.13. The van der Waals surface area contributed by atoms with Crippen molar-refractivity contribution in [2.24, 2.45) is 5.73 Å². The summed E-state index contributed by atoms with van der Waals surface area (Å²) < 4.78 is 0. The summed E-state index contributed by atoms with van der Waals surface area (Å²) >= 11 is 6.73. The molecule has 0 saturated heterocycles. The van der Waals surface area contributed by atoms with Crippen molar-refractivity contribution >= 4 is 34.7 Å². The zero-order valence-corrected chi connectivity index (χ0v) is 10.6. The van der Waals surface area contributed by atoms with Crippen molar-refractivity contribution in [2.45, 2.75) is 12.2 Å². The van der Waals surface area contributed by atoms with E-state index in [1.54, 1.807) is 0 Å². The number of hydrogen-bond donors (Lipinski definition) is 2. The van der Waals surface area contributed by atoms with Gasteiger partial charge in [0.2, 0.25) is 0 Å². The molecule has 0 aliphatic heterocycles. The summed E-state index contributed by atoms with van der Waals surface area (Å²) in [6, 6.07) is 7.88. The lowest BCUT2D eigenvalue weighted by atomic mass is 10.2. The number of rotatable bonds is 5. The number of thioether (sulfide) groups is 1. The first kappa shape index (κ1) is 12.3. The van der Waals surface area contributed by atoms with Gasteiger partial charge in [0, 0.05) is 23.0 Å². The van der Waals surface area contributed by atoms with E-state index >= 15 is 0 Å². The summed E-state index contributed by atoms with van der Waals surface area (Å²) in [6.45, 7) is 3.16. The Bertz CT molecular complexity index is 322. The molecule has 2 nitrogen and oxygen atoms in total. The maximum atomic E-state index is 5.52. The summed E-state index contributed by atoms with van der Waals surface area (Å²) in [5, 5.41) is 3.97. The minimum atomic E-state index is 0.444. The fraction of sp³-hybridized carbons (Fsp3) is 0.364. The first-order valence-electron chi connectivity index (χ1n) is 4.80. The lowest BCUT2D eigenvalue weighted by Crippen LogP contribution is -2.13. The predicted molar refractivity (Wildman–Crippen MR) is 73.8 cm³/mol. The molecule has 0 radical (unpaired) electrons. The molecule has 15 heavy (non-hydrogen) atoms. The second kappa shape index (κ2) is 5.98. The zero-order valence-electron chi connectivity index (χ0n) is 8.99. The van der Waals surface area contributed by atoms with Crippen molar-refractivity contribution in [1.29, 1.82) is 0 Å². The van der Waals surface area contributed by atoms with Gasteiger partial charge in [-0.1, -0.05) is 19.1 Å². The van der Waals surface area contributed by atoms with Crippen LogP contribution in [0.3, 0.4) is 0 Å². The number of thiocarbonyl (C=S) groups is 1. The average Bonchev–Trinajstić information content (AvgIpc) is 2.26. The maximum Gasteiger partial charge on any atom is 0.103 e. The molecular weight excluding hydrogens is 224 g/mol. The molecule has 1 rings (SSSR count). The highest BCUT2D eigenvalue weighted by Gasteiger charge is 1.99. The van der Waals surface area contributed by atoms with Crippen LogP contribution in [0.15, 0.2) is 24.3 Å². The highest BCUT2D eigenvalue weighted by molar-refractivity contribution is 7.99. The molecule has 0 amide bonds. The third-order valence-corrected chi connectivity index (χ3v) is 3.37. The molecule has 0 fully saturated rings. The van der Waals surface area contributed by atoms with E-state index in [4.69, 9.17) is 18.0 Å². The fourth-order valence-electron chi connectivity index (χ4n) is 1.10. The Hall–Kier alpha value is -0.740. The predicted octanol–water partition coefficient (Wildman–Crippen LogP) is 2.48. The van der Waals surface area contributed by atoms with Crippen LogP contribution in [0.4, 0.5) is 5.69 Å². The molecule has 1 aromatic carbocycles. The van der Waals surface area contributed by atoms with Gasteiger partial charge in [-0.25, -0.2) is 0 Å². The van der Waals surface area contributed by atoms with Gasteiger partial charge in [0.15, 0.2) is 0 Å². The normalized spacial score (nSPS) is 12.1. The Morgan fingerprint density at radius 1 is 1.47 bits per heavy atom. The molecule has 0 saturated carbocycles. The summed E-state index contributed by atoms with van der Waals surface area (Å²) in [6.07, 6.45) is 2.11. The van der Waals surface area contributed by atoms with Gasteiger partial charge >= 0.3 is 0 Å². The van der Waals surface area contributed by atoms with Crippen molar-refractivity contribution in [2.75, 3.05) is 18.1 Å². The minimum Gasteiger partial charge on any atom is -0.389 e. The van der Waals surface area contributed by atoms with Crippen LogP contribution in [0, 0.1) is 0 Å². The number of hydrogen-bond acceptors (Lipinski definition) is 3. The summed E-state index contributed by atoms with van der Waals surface area (Å²) in [7, 11) is 0. The molecule has 1 unspecified atom stereocenters. The molecule has 0 aromatic heterocycles. The van der Waals surface area contributed by atoms with E-state index in [2.05, 4.69) is 18.5 Å². The molecule has 0 heterocycles. The van der Waals surface area contributed by atoms with Crippen LogP contribution in [-0.4, -0.2) is 23.0 Å². The Morgan fingerprint density at radius 3 is 2.53 bits per heavy atom. The molecule has 1 aromatic rings. The van der Waals surface area contributed by atoms with E-state index in [1.807, 2.05) is 36.0 Å². The molecule has 3 N–H and O–H groups in total. The standard InChI is InChI=1S/C11H16N2S2/c1-8(15-2)7-13-10-5-3-9(4-6-10)11(12)14/h3-6,8,13H,7H2,1-2H3,(H2,12,14). The van der Waals surface area contributed by atoms with Gasteiger partial charge in [0.25, 0.3) is 0 Å². The molecule has 82 valence electrons. The largest absolute Gasteiger partial charge is 0.389 e. The van der Waals surface area contributed by atoms with Crippen molar-refractivity contribution in [3.63, 3.8) is 0 Å². The van der Waals surface area contributed by atoms with E-state index in [0.29, 0.717) is 10.2 Å². The lowest BCUT2D eigenvalue weighted by Gasteiger charge is -2.11. The summed E-state index contributed by atoms with van der Waals surface area (Å²) in [5.41, 5.74) is 7.53. The Morgan fingerprint density at radius 2 is 2.07 bits per heavy atom. The third-order valence-electron chi connectivity index (χ3n) is 2.17. The van der Waals surface area contributed by atoms with E-state index < -0.39 is 0 Å². The van der Waals surface area contributed by atoms with Gasteiger partial charge < -0.3 is 11.1 Å². The second-order valence-electron chi connectivity index (χ2n) is 3.37. The molecule has 0 aliphatic carbocycles. The van der Waals surface area contributed by atoms with Crippen LogP contribution in [0.2, 0.25) is 0 Å². The van der Waals surface area contributed by atoms with Gasteiger partial charge in [-0.05, 0) is 30.5 Å². The van der Waals surface area contributed by atoms with Crippen molar-refractivity contribution < 1.29 is 0 Å². The highest BCUT2D eigenvalue weighted by atomic mass is 32.2. The summed E-state index contributed by atoms with van der Waals surface area (Å²) in [4.78, 5) is 0.444. The lowest BCUT2D eigenvalue weighted by molar-refractivity contribution is 1.00. The van der Waals surface area contributed by atoms with Gasteiger partial charge in [-0.3, -0.25) is 0 Å². The van der Waals surface area contributed by atoms with Gasteiger partial charge in [-0.15, -0.1) is 0 Å². The number of benzene rings is 1. The molecule has 4 heteroatoms. The van der Waals surface area contributed by atoms with Crippen molar-refractivity contribution in [1.82, 2.24) is 0 Å².